The predicted octanol–water partition coefficient (Wildman–Crippen LogP) is 3.53. The Labute approximate surface area is 189 Å². The average Bonchev–Trinajstić information content (AvgIpc) is 3.09. The molecule has 7 nitrogen and oxygen atoms in total. The molecule has 1 aliphatic heterocycles. The maximum atomic E-state index is 13.7. The highest BCUT2D eigenvalue weighted by atomic mass is 79.9. The van der Waals surface area contributed by atoms with Gasteiger partial charge in [0.2, 0.25) is 0 Å². The lowest BCUT2D eigenvalue weighted by Gasteiger charge is -2.13. The van der Waals surface area contributed by atoms with Gasteiger partial charge in [0, 0.05) is 12.1 Å². The van der Waals surface area contributed by atoms with Crippen molar-refractivity contribution in [1.82, 2.24) is 5.32 Å². The maximum absolute atomic E-state index is 13.7. The number of hydrogen-bond acceptors (Lipinski definition) is 5. The number of rotatable bonds is 6. The Balaban J connectivity index is 2.00. The first kappa shape index (κ1) is 23.5. The van der Waals surface area contributed by atoms with Crippen LogP contribution in [0.15, 0.2) is 57.6 Å². The normalized spacial score (nSPS) is 15.2. The number of carbonyl (C=O) groups is 2. The highest BCUT2D eigenvalue weighted by molar-refractivity contribution is 9.10. The molecule has 2 N–H and O–H groups in total. The summed E-state index contributed by atoms with van der Waals surface area (Å²) < 4.78 is 46.6. The number of carbonyl (C=O) groups excluding carboxylic acids is 2. The van der Waals surface area contributed by atoms with Gasteiger partial charge < -0.3 is 15.2 Å². The first-order valence-corrected chi connectivity index (χ1v) is 10.00. The summed E-state index contributed by atoms with van der Waals surface area (Å²) in [6.45, 7) is -0.267. The average molecular weight is 512 g/mol. The highest BCUT2D eigenvalue weighted by Gasteiger charge is 2.46. The quantitative estimate of drug-likeness (QED) is 0.580. The van der Waals surface area contributed by atoms with E-state index >= 15 is 0 Å². The van der Waals surface area contributed by atoms with Gasteiger partial charge >= 0.3 is 6.18 Å². The molecule has 0 atom stereocenters. The van der Waals surface area contributed by atoms with Gasteiger partial charge in [-0.15, -0.1) is 0 Å². The molecule has 2 aromatic carbocycles. The summed E-state index contributed by atoms with van der Waals surface area (Å²) in [6.07, 6.45) is -3.78. The number of hydrazone groups is 1. The van der Waals surface area contributed by atoms with Crippen LogP contribution in [0, 0.1) is 0 Å². The molecule has 1 aliphatic rings. The minimum Gasteiger partial charge on any atom is -0.496 e. The molecule has 11 heteroatoms. The van der Waals surface area contributed by atoms with Crippen LogP contribution in [0.25, 0.3) is 6.08 Å². The standard InChI is InChI=1S/C21H17BrF3N3O4/c1-32-17-6-5-12(10-16(17)22)9-15-18(21(23,24)25)27-28(20(15)31)14-4-2-3-13(11-14)19(30)26-7-8-29/h2-6,9-11,29H,7-8H2,1H3,(H,26,30)/b15-9-. The van der Waals surface area contributed by atoms with Gasteiger partial charge in [-0.1, -0.05) is 12.1 Å². The van der Waals surface area contributed by atoms with E-state index in [0.717, 1.165) is 6.08 Å². The Morgan fingerprint density at radius 2 is 2.03 bits per heavy atom. The maximum Gasteiger partial charge on any atom is 0.435 e. The summed E-state index contributed by atoms with van der Waals surface area (Å²) >= 11 is 3.26. The van der Waals surface area contributed by atoms with Crippen molar-refractivity contribution in [2.24, 2.45) is 5.10 Å². The van der Waals surface area contributed by atoms with Crippen molar-refractivity contribution in [1.29, 1.82) is 0 Å². The molecule has 0 bridgehead atoms. The smallest absolute Gasteiger partial charge is 0.435 e. The van der Waals surface area contributed by atoms with Crippen LogP contribution in [0.5, 0.6) is 5.75 Å². The monoisotopic (exact) mass is 511 g/mol. The number of anilines is 1. The number of benzene rings is 2. The minimum atomic E-state index is -4.88. The zero-order valence-corrected chi connectivity index (χ0v) is 18.2. The van der Waals surface area contributed by atoms with E-state index < -0.39 is 29.3 Å². The summed E-state index contributed by atoms with van der Waals surface area (Å²) in [6, 6.07) is 10.0. The van der Waals surface area contributed by atoms with Crippen molar-refractivity contribution in [3.63, 3.8) is 0 Å². The van der Waals surface area contributed by atoms with E-state index in [2.05, 4.69) is 26.3 Å². The van der Waals surface area contributed by atoms with Crippen LogP contribution >= 0.6 is 15.9 Å². The number of halogens is 4. The molecule has 0 unspecified atom stereocenters. The predicted molar refractivity (Wildman–Crippen MR) is 116 cm³/mol. The SMILES string of the molecule is COc1ccc(/C=C2\C(=O)N(c3cccc(C(=O)NCCO)c3)N=C2C(F)(F)F)cc1Br. The molecule has 2 aromatic rings. The number of amides is 2. The molecule has 0 saturated heterocycles. The fraction of sp³-hybridized carbons (Fsp3) is 0.190. The van der Waals surface area contributed by atoms with Crippen LogP contribution in [0.1, 0.15) is 15.9 Å². The van der Waals surface area contributed by atoms with Crippen LogP contribution in [-0.2, 0) is 4.79 Å². The van der Waals surface area contributed by atoms with E-state index in [-0.39, 0.29) is 24.4 Å². The second-order valence-corrected chi connectivity index (χ2v) is 7.40. The molecule has 0 saturated carbocycles. The summed E-state index contributed by atoms with van der Waals surface area (Å²) in [7, 11) is 1.45. The van der Waals surface area contributed by atoms with Gasteiger partial charge in [0.1, 0.15) is 5.75 Å². The summed E-state index contributed by atoms with van der Waals surface area (Å²) in [4.78, 5) is 25.0. The first-order valence-electron chi connectivity index (χ1n) is 9.20. The third kappa shape index (κ3) is 5.00. The van der Waals surface area contributed by atoms with Gasteiger partial charge in [-0.3, -0.25) is 9.59 Å². The first-order chi connectivity index (χ1) is 15.2. The molecule has 1 heterocycles. The summed E-state index contributed by atoms with van der Waals surface area (Å²) in [5, 5.41) is 15.4. The number of methoxy groups -OCH3 is 1. The van der Waals surface area contributed by atoms with E-state index in [0.29, 0.717) is 20.8 Å². The van der Waals surface area contributed by atoms with Crippen molar-refractivity contribution in [3.8, 4) is 5.75 Å². The van der Waals surface area contributed by atoms with Crippen molar-refractivity contribution in [3.05, 3.63) is 63.6 Å². The highest BCUT2D eigenvalue weighted by Crippen LogP contribution is 2.34. The van der Waals surface area contributed by atoms with E-state index in [9.17, 15) is 22.8 Å². The largest absolute Gasteiger partial charge is 0.496 e. The summed E-state index contributed by atoms with van der Waals surface area (Å²) in [5.41, 5.74) is -1.55. The van der Waals surface area contributed by atoms with Gasteiger partial charge in [-0.25, -0.2) is 0 Å². The third-order valence-electron chi connectivity index (χ3n) is 4.38. The van der Waals surface area contributed by atoms with E-state index in [4.69, 9.17) is 9.84 Å². The molecule has 0 spiro atoms. The Kier molecular flexibility index (Phi) is 6.99. The van der Waals surface area contributed by atoms with E-state index in [1.54, 1.807) is 6.07 Å². The Morgan fingerprint density at radius 1 is 1.28 bits per heavy atom. The van der Waals surface area contributed by atoms with Gasteiger partial charge in [0.15, 0.2) is 5.71 Å². The molecule has 32 heavy (non-hydrogen) atoms. The van der Waals surface area contributed by atoms with E-state index in [1.165, 1.54) is 43.5 Å². The second-order valence-electron chi connectivity index (χ2n) is 6.55. The van der Waals surface area contributed by atoms with Crippen LogP contribution in [0.2, 0.25) is 0 Å². The Morgan fingerprint density at radius 3 is 2.66 bits per heavy atom. The molecule has 0 aromatic heterocycles. The van der Waals surface area contributed by atoms with Crippen LogP contribution in [0.3, 0.4) is 0 Å². The molecular formula is C21H17BrF3N3O4. The minimum absolute atomic E-state index is 0.00634. The molecule has 0 aliphatic carbocycles. The van der Waals surface area contributed by atoms with Gasteiger partial charge in [-0.2, -0.15) is 23.3 Å². The number of nitrogens with one attached hydrogen (secondary N) is 1. The van der Waals surface area contributed by atoms with Crippen molar-refractivity contribution < 1.29 is 32.6 Å². The Hall–Kier alpha value is -3.18. The van der Waals surface area contributed by atoms with Gasteiger partial charge in [0.25, 0.3) is 11.8 Å². The van der Waals surface area contributed by atoms with Gasteiger partial charge in [-0.05, 0) is 57.9 Å². The zero-order valence-electron chi connectivity index (χ0n) is 16.6. The lowest BCUT2D eigenvalue weighted by molar-refractivity contribution is -0.114. The molecule has 0 radical (unpaired) electrons. The topological polar surface area (TPSA) is 91.2 Å². The van der Waals surface area contributed by atoms with Crippen molar-refractivity contribution >= 4 is 45.2 Å². The van der Waals surface area contributed by atoms with E-state index in [1.807, 2.05) is 0 Å². The van der Waals surface area contributed by atoms with Crippen LogP contribution < -0.4 is 15.1 Å². The zero-order chi connectivity index (χ0) is 23.5. The molecule has 0 fully saturated rings. The fourth-order valence-electron chi connectivity index (χ4n) is 2.92. The number of nitrogens with zero attached hydrogens (tertiary/aromatic N) is 2. The van der Waals surface area contributed by atoms with Crippen LogP contribution in [-0.4, -0.2) is 49.1 Å². The van der Waals surface area contributed by atoms with Crippen molar-refractivity contribution in [2.75, 3.05) is 25.3 Å². The molecule has 168 valence electrons. The molecular weight excluding hydrogens is 495 g/mol. The van der Waals surface area contributed by atoms with Crippen LogP contribution in [0.4, 0.5) is 18.9 Å². The Bertz CT molecular complexity index is 1120. The lowest BCUT2D eigenvalue weighted by atomic mass is 10.1. The number of ether oxygens (including phenoxy) is 1. The number of aliphatic hydroxyl groups is 1. The second kappa shape index (κ2) is 9.53. The number of hydrogen-bond donors (Lipinski definition) is 2. The third-order valence-corrected chi connectivity index (χ3v) is 5.00. The molecule has 3 rings (SSSR count). The van der Waals surface area contributed by atoms with Gasteiger partial charge in [0.05, 0.1) is 29.4 Å². The molecule has 2 amide bonds. The van der Waals surface area contributed by atoms with Crippen molar-refractivity contribution in [2.45, 2.75) is 6.18 Å². The fourth-order valence-corrected chi connectivity index (χ4v) is 3.48. The lowest BCUT2D eigenvalue weighted by Crippen LogP contribution is -2.27. The number of alkyl halides is 3. The number of aliphatic hydroxyl groups excluding tert-OH is 1. The summed E-state index contributed by atoms with van der Waals surface area (Å²) in [5.74, 6) is -1.06.